The monoisotopic (exact) mass is 597 g/mol. The van der Waals surface area contributed by atoms with Crippen LogP contribution in [0, 0.1) is 5.41 Å². The van der Waals surface area contributed by atoms with Gasteiger partial charge in [-0.2, -0.15) is 4.98 Å². The van der Waals surface area contributed by atoms with E-state index in [0.29, 0.717) is 38.7 Å². The summed E-state index contributed by atoms with van der Waals surface area (Å²) in [6.45, 7) is 0.974. The quantitative estimate of drug-likeness (QED) is 0.273. The molecule has 0 bridgehead atoms. The van der Waals surface area contributed by atoms with Crippen LogP contribution in [0.15, 0.2) is 42.6 Å². The summed E-state index contributed by atoms with van der Waals surface area (Å²) in [6, 6.07) is 11.9. The highest BCUT2D eigenvalue weighted by Crippen LogP contribution is 2.49. The van der Waals surface area contributed by atoms with Crippen LogP contribution in [0.2, 0.25) is 10.0 Å². The van der Waals surface area contributed by atoms with Gasteiger partial charge in [-0.3, -0.25) is 4.90 Å². The van der Waals surface area contributed by atoms with Gasteiger partial charge in [0.1, 0.15) is 10.8 Å². The average Bonchev–Trinajstić information content (AvgIpc) is 2.96. The summed E-state index contributed by atoms with van der Waals surface area (Å²) in [5, 5.41) is 7.72. The summed E-state index contributed by atoms with van der Waals surface area (Å²) in [5.74, 6) is 1.55. The summed E-state index contributed by atoms with van der Waals surface area (Å²) < 4.78 is 5.84. The van der Waals surface area contributed by atoms with E-state index in [2.05, 4.69) is 44.5 Å². The van der Waals surface area contributed by atoms with Gasteiger partial charge in [-0.05, 0) is 63.4 Å². The van der Waals surface area contributed by atoms with Crippen LogP contribution in [0.25, 0.3) is 0 Å². The number of ether oxygens (including phenoxy) is 1. The summed E-state index contributed by atoms with van der Waals surface area (Å²) in [6.07, 6.45) is 11.0. The first-order valence-electron chi connectivity index (χ1n) is 14.3. The average molecular weight is 599 g/mol. The number of benzene rings is 2. The van der Waals surface area contributed by atoms with Gasteiger partial charge < -0.3 is 25.2 Å². The standard InChI is InChI=1S/C31H41Cl2N7O/c1-38(2)25-12-8-7-11-23(25)35-29-22(33)20-34-30(37-29)36-24-17-21(32)26(18-27(24)41-5)40-16-15-31(13-9-6-10-14-31)19-28(40)39(3)4/h7-8,11-12,17-18,20,28H,6,9-10,13-16,19H2,1-5H3,(H2,34,35,36,37). The Bertz CT molecular complexity index is 1360. The van der Waals surface area contributed by atoms with Gasteiger partial charge in [0.05, 0.1) is 47.2 Å². The summed E-state index contributed by atoms with van der Waals surface area (Å²) in [5.41, 5.74) is 4.03. The molecule has 1 saturated heterocycles. The second-order valence-corrected chi connectivity index (χ2v) is 12.5. The molecule has 2 fully saturated rings. The molecule has 2 aliphatic rings. The second kappa shape index (κ2) is 12.5. The van der Waals surface area contributed by atoms with Crippen LogP contribution < -0.4 is 25.2 Å². The lowest BCUT2D eigenvalue weighted by atomic mass is 9.67. The van der Waals surface area contributed by atoms with Crippen molar-refractivity contribution in [2.75, 3.05) is 62.3 Å². The molecule has 1 atom stereocenters. The number of rotatable bonds is 8. The lowest BCUT2D eigenvalue weighted by molar-refractivity contribution is 0.0780. The van der Waals surface area contributed by atoms with Gasteiger partial charge in [0.25, 0.3) is 0 Å². The molecule has 5 rings (SSSR count). The fourth-order valence-corrected chi connectivity index (χ4v) is 6.78. The minimum absolute atomic E-state index is 0.279. The van der Waals surface area contributed by atoms with Crippen LogP contribution in [0.1, 0.15) is 44.9 Å². The van der Waals surface area contributed by atoms with Crippen molar-refractivity contribution in [3.05, 3.63) is 52.6 Å². The lowest BCUT2D eigenvalue weighted by Crippen LogP contribution is -2.54. The smallest absolute Gasteiger partial charge is 0.229 e. The van der Waals surface area contributed by atoms with Crippen molar-refractivity contribution in [3.8, 4) is 5.75 Å². The van der Waals surface area contributed by atoms with Gasteiger partial charge in [-0.1, -0.05) is 54.6 Å². The third-order valence-corrected chi connectivity index (χ3v) is 9.16. The molecule has 1 aliphatic heterocycles. The van der Waals surface area contributed by atoms with E-state index < -0.39 is 0 Å². The normalized spacial score (nSPS) is 18.4. The molecule has 1 spiro atoms. The minimum atomic E-state index is 0.279. The number of hydrogen-bond acceptors (Lipinski definition) is 8. The lowest BCUT2D eigenvalue weighted by Gasteiger charge is -2.51. The zero-order chi connectivity index (χ0) is 29.1. The van der Waals surface area contributed by atoms with E-state index in [-0.39, 0.29) is 6.17 Å². The predicted octanol–water partition coefficient (Wildman–Crippen LogP) is 7.78. The van der Waals surface area contributed by atoms with Crippen molar-refractivity contribution in [3.63, 3.8) is 0 Å². The number of methoxy groups -OCH3 is 1. The van der Waals surface area contributed by atoms with E-state index in [4.69, 9.17) is 27.9 Å². The number of halogens is 2. The molecule has 2 heterocycles. The van der Waals surface area contributed by atoms with Crippen molar-refractivity contribution in [1.29, 1.82) is 0 Å². The zero-order valence-corrected chi connectivity index (χ0v) is 26.2. The number of nitrogens with one attached hydrogen (secondary N) is 2. The summed E-state index contributed by atoms with van der Waals surface area (Å²) >= 11 is 13.5. The Morgan fingerprint density at radius 2 is 1.71 bits per heavy atom. The van der Waals surface area contributed by atoms with Gasteiger partial charge in [-0.25, -0.2) is 4.98 Å². The topological polar surface area (TPSA) is 68.8 Å². The highest BCUT2D eigenvalue weighted by atomic mass is 35.5. The molecular formula is C31H41Cl2N7O. The van der Waals surface area contributed by atoms with Crippen molar-refractivity contribution < 1.29 is 4.74 Å². The molecule has 1 saturated carbocycles. The van der Waals surface area contributed by atoms with Crippen molar-refractivity contribution in [2.45, 2.75) is 51.1 Å². The number of hydrogen-bond donors (Lipinski definition) is 2. The van der Waals surface area contributed by atoms with E-state index in [1.807, 2.05) is 55.4 Å². The number of nitrogens with zero attached hydrogens (tertiary/aromatic N) is 5. The maximum absolute atomic E-state index is 6.98. The van der Waals surface area contributed by atoms with E-state index in [9.17, 15) is 0 Å². The van der Waals surface area contributed by atoms with Gasteiger partial charge in [0.15, 0.2) is 5.82 Å². The molecule has 2 N–H and O–H groups in total. The van der Waals surface area contributed by atoms with Gasteiger partial charge in [0, 0.05) is 26.7 Å². The minimum Gasteiger partial charge on any atom is -0.494 e. The Morgan fingerprint density at radius 3 is 2.41 bits per heavy atom. The first kappa shape index (κ1) is 29.5. The first-order chi connectivity index (χ1) is 19.7. The van der Waals surface area contributed by atoms with Gasteiger partial charge in [-0.15, -0.1) is 0 Å². The maximum atomic E-state index is 6.98. The fraction of sp³-hybridized carbons (Fsp3) is 0.484. The number of anilines is 6. The molecule has 10 heteroatoms. The maximum Gasteiger partial charge on any atom is 0.229 e. The van der Waals surface area contributed by atoms with Crippen LogP contribution in [0.4, 0.5) is 34.5 Å². The summed E-state index contributed by atoms with van der Waals surface area (Å²) in [7, 11) is 9.99. The Kier molecular flexibility index (Phi) is 9.02. The van der Waals surface area contributed by atoms with Gasteiger partial charge in [0.2, 0.25) is 5.95 Å². The highest BCUT2D eigenvalue weighted by Gasteiger charge is 2.41. The molecule has 3 aromatic rings. The van der Waals surface area contributed by atoms with E-state index in [1.54, 1.807) is 13.3 Å². The molecule has 41 heavy (non-hydrogen) atoms. The van der Waals surface area contributed by atoms with E-state index >= 15 is 0 Å². The summed E-state index contributed by atoms with van der Waals surface area (Å²) in [4.78, 5) is 15.9. The zero-order valence-electron chi connectivity index (χ0n) is 24.7. The third-order valence-electron chi connectivity index (χ3n) is 8.58. The molecule has 1 unspecified atom stereocenters. The molecule has 8 nitrogen and oxygen atoms in total. The van der Waals surface area contributed by atoms with Gasteiger partial charge >= 0.3 is 0 Å². The molecule has 1 aliphatic carbocycles. The first-order valence-corrected chi connectivity index (χ1v) is 15.1. The largest absolute Gasteiger partial charge is 0.494 e. The molecule has 1 aromatic heterocycles. The molecule has 0 amide bonds. The number of para-hydroxylation sites is 2. The van der Waals surface area contributed by atoms with Crippen LogP contribution in [-0.2, 0) is 0 Å². The van der Waals surface area contributed by atoms with Crippen molar-refractivity contribution >= 4 is 57.7 Å². The Labute approximate surface area is 254 Å². The highest BCUT2D eigenvalue weighted by molar-refractivity contribution is 6.34. The predicted molar refractivity (Wildman–Crippen MR) is 172 cm³/mol. The molecule has 0 radical (unpaired) electrons. The Hall–Kier alpha value is -2.94. The van der Waals surface area contributed by atoms with Crippen LogP contribution in [-0.4, -0.2) is 62.9 Å². The van der Waals surface area contributed by atoms with Crippen molar-refractivity contribution in [1.82, 2.24) is 14.9 Å². The SMILES string of the molecule is COc1cc(N2CCC3(CCCCC3)CC2N(C)C)c(Cl)cc1Nc1ncc(Cl)c(Nc2ccccc2N(C)C)n1. The Balaban J connectivity index is 1.40. The number of aromatic nitrogens is 2. The fourth-order valence-electron chi connectivity index (χ4n) is 6.37. The van der Waals surface area contributed by atoms with Crippen molar-refractivity contribution in [2.24, 2.45) is 5.41 Å². The third kappa shape index (κ3) is 6.45. The van der Waals surface area contributed by atoms with Crippen LogP contribution in [0.5, 0.6) is 5.75 Å². The second-order valence-electron chi connectivity index (χ2n) is 11.7. The van der Waals surface area contributed by atoms with E-state index in [0.717, 1.165) is 30.0 Å². The number of piperidine rings is 1. The van der Waals surface area contributed by atoms with Crippen LogP contribution >= 0.6 is 23.2 Å². The van der Waals surface area contributed by atoms with Crippen LogP contribution in [0.3, 0.4) is 0 Å². The molecular weight excluding hydrogens is 557 g/mol. The Morgan fingerprint density at radius 1 is 0.951 bits per heavy atom. The molecule has 2 aromatic carbocycles. The van der Waals surface area contributed by atoms with E-state index in [1.165, 1.54) is 38.5 Å². The molecule has 220 valence electrons.